The van der Waals surface area contributed by atoms with Crippen LogP contribution in [0.2, 0.25) is 0 Å². The number of benzene rings is 7. The topological polar surface area (TPSA) is 51.8 Å². The van der Waals surface area contributed by atoms with Crippen LogP contribution in [0.3, 0.4) is 0 Å². The smallest absolute Gasteiger partial charge is 0.164 e. The fraction of sp³-hybridized carbons (Fsp3) is 0. The molecule has 4 heteroatoms. The Kier molecular flexibility index (Phi) is 7.10. The number of nitrogens with zero attached hydrogens (tertiary/aromatic N) is 3. The average Bonchev–Trinajstić information content (AvgIpc) is 3.58. The van der Waals surface area contributed by atoms with Crippen LogP contribution in [-0.4, -0.2) is 15.0 Å². The molecule has 230 valence electrons. The normalized spacial score (nSPS) is 11.3. The van der Waals surface area contributed by atoms with Crippen LogP contribution in [0.5, 0.6) is 0 Å². The second-order valence-electron chi connectivity index (χ2n) is 12.0. The molecular weight excluding hydrogens is 599 g/mol. The van der Waals surface area contributed by atoms with Gasteiger partial charge >= 0.3 is 0 Å². The maximum Gasteiger partial charge on any atom is 0.164 e. The van der Waals surface area contributed by atoms with Crippen molar-refractivity contribution in [1.82, 2.24) is 15.0 Å². The van der Waals surface area contributed by atoms with Crippen molar-refractivity contribution in [1.29, 1.82) is 0 Å². The molecule has 0 spiro atoms. The summed E-state index contributed by atoms with van der Waals surface area (Å²) in [6.45, 7) is 0. The zero-order valence-electron chi connectivity index (χ0n) is 26.5. The predicted molar refractivity (Wildman–Crippen MR) is 200 cm³/mol. The molecular formula is C45H29N3O. The van der Waals surface area contributed by atoms with Gasteiger partial charge in [0.1, 0.15) is 11.2 Å². The molecule has 2 heterocycles. The van der Waals surface area contributed by atoms with Crippen LogP contribution in [0.1, 0.15) is 0 Å². The standard InChI is InChI=1S/C45H29N3O/c1-4-12-30(13-5-1)32-22-26-34(27-23-32)37-18-10-19-38-41-39(20-11-21-40(41)49-42(37)38)45-47-43(35-16-8-3-9-17-35)46-44(48-45)36-28-24-33(25-29-36)31-14-6-2-7-15-31/h1-29H. The van der Waals surface area contributed by atoms with E-state index in [1.807, 2.05) is 54.6 Å². The maximum atomic E-state index is 6.63. The molecule has 0 radical (unpaired) electrons. The summed E-state index contributed by atoms with van der Waals surface area (Å²) in [6, 6.07) is 60.4. The monoisotopic (exact) mass is 627 g/mol. The summed E-state index contributed by atoms with van der Waals surface area (Å²) in [5, 5.41) is 2.00. The molecule has 0 N–H and O–H groups in total. The van der Waals surface area contributed by atoms with Crippen molar-refractivity contribution in [3.63, 3.8) is 0 Å². The van der Waals surface area contributed by atoms with E-state index >= 15 is 0 Å². The Bertz CT molecular complexity index is 2560. The Balaban J connectivity index is 1.18. The first-order valence-electron chi connectivity index (χ1n) is 16.4. The molecule has 0 amide bonds. The van der Waals surface area contributed by atoms with Gasteiger partial charge in [0.15, 0.2) is 17.5 Å². The lowest BCUT2D eigenvalue weighted by atomic mass is 9.98. The highest BCUT2D eigenvalue weighted by Gasteiger charge is 2.19. The van der Waals surface area contributed by atoms with E-state index in [1.165, 1.54) is 16.7 Å². The van der Waals surface area contributed by atoms with E-state index in [2.05, 4.69) is 121 Å². The van der Waals surface area contributed by atoms with Gasteiger partial charge in [-0.05, 0) is 33.9 Å². The lowest BCUT2D eigenvalue weighted by Crippen LogP contribution is -2.00. The van der Waals surface area contributed by atoms with E-state index in [1.54, 1.807) is 0 Å². The van der Waals surface area contributed by atoms with Crippen molar-refractivity contribution in [3.05, 3.63) is 176 Å². The molecule has 9 aromatic rings. The summed E-state index contributed by atoms with van der Waals surface area (Å²) in [5.74, 6) is 1.84. The molecule has 0 fully saturated rings. The van der Waals surface area contributed by atoms with Crippen LogP contribution in [0.4, 0.5) is 0 Å². The van der Waals surface area contributed by atoms with Crippen molar-refractivity contribution >= 4 is 21.9 Å². The highest BCUT2D eigenvalue weighted by molar-refractivity contribution is 6.15. The highest BCUT2D eigenvalue weighted by Crippen LogP contribution is 2.40. The molecule has 0 saturated carbocycles. The molecule has 4 nitrogen and oxygen atoms in total. The van der Waals surface area contributed by atoms with Crippen molar-refractivity contribution in [2.75, 3.05) is 0 Å². The lowest BCUT2D eigenvalue weighted by molar-refractivity contribution is 0.670. The minimum absolute atomic E-state index is 0.599. The Morgan fingerprint density at radius 2 is 0.735 bits per heavy atom. The van der Waals surface area contributed by atoms with Crippen molar-refractivity contribution in [2.45, 2.75) is 0 Å². The summed E-state index contributed by atoms with van der Waals surface area (Å²) in [6.07, 6.45) is 0. The Hall–Kier alpha value is -6.65. The highest BCUT2D eigenvalue weighted by atomic mass is 16.3. The van der Waals surface area contributed by atoms with E-state index in [0.29, 0.717) is 17.5 Å². The summed E-state index contributed by atoms with van der Waals surface area (Å²) < 4.78 is 6.63. The van der Waals surface area contributed by atoms with Gasteiger partial charge in [-0.1, -0.05) is 170 Å². The van der Waals surface area contributed by atoms with Crippen LogP contribution < -0.4 is 0 Å². The van der Waals surface area contributed by atoms with Gasteiger partial charge in [0, 0.05) is 33.0 Å². The number of para-hydroxylation sites is 1. The number of hydrogen-bond acceptors (Lipinski definition) is 4. The zero-order valence-corrected chi connectivity index (χ0v) is 26.5. The molecule has 0 bridgehead atoms. The Labute approximate surface area is 284 Å². The molecule has 0 aliphatic rings. The van der Waals surface area contributed by atoms with Gasteiger partial charge in [-0.25, -0.2) is 15.0 Å². The van der Waals surface area contributed by atoms with Crippen LogP contribution in [-0.2, 0) is 0 Å². The first-order valence-corrected chi connectivity index (χ1v) is 16.4. The lowest BCUT2D eigenvalue weighted by Gasteiger charge is -2.10. The van der Waals surface area contributed by atoms with Gasteiger partial charge < -0.3 is 4.42 Å². The third-order valence-corrected chi connectivity index (χ3v) is 8.98. The molecule has 0 aliphatic carbocycles. The molecule has 7 aromatic carbocycles. The van der Waals surface area contributed by atoms with Gasteiger partial charge in [0.05, 0.1) is 0 Å². The first-order chi connectivity index (χ1) is 24.3. The van der Waals surface area contributed by atoms with Gasteiger partial charge in [-0.15, -0.1) is 0 Å². The molecule has 0 saturated heterocycles. The van der Waals surface area contributed by atoms with Gasteiger partial charge in [-0.2, -0.15) is 0 Å². The molecule has 9 rings (SSSR count). The van der Waals surface area contributed by atoms with Crippen molar-refractivity contribution < 1.29 is 4.42 Å². The first kappa shape index (κ1) is 28.6. The fourth-order valence-corrected chi connectivity index (χ4v) is 6.52. The average molecular weight is 628 g/mol. The summed E-state index contributed by atoms with van der Waals surface area (Å²) in [4.78, 5) is 15.1. The van der Waals surface area contributed by atoms with Crippen LogP contribution in [0, 0.1) is 0 Å². The number of aromatic nitrogens is 3. The van der Waals surface area contributed by atoms with E-state index in [0.717, 1.165) is 55.3 Å². The fourth-order valence-electron chi connectivity index (χ4n) is 6.52. The maximum absolute atomic E-state index is 6.63. The third kappa shape index (κ3) is 5.35. The van der Waals surface area contributed by atoms with Crippen LogP contribution in [0.25, 0.3) is 89.5 Å². The molecule has 49 heavy (non-hydrogen) atoms. The van der Waals surface area contributed by atoms with Gasteiger partial charge in [0.25, 0.3) is 0 Å². The van der Waals surface area contributed by atoms with Gasteiger partial charge in [0.2, 0.25) is 0 Å². The predicted octanol–water partition coefficient (Wildman–Crippen LogP) is 11.8. The Morgan fingerprint density at radius 3 is 1.33 bits per heavy atom. The summed E-state index contributed by atoms with van der Waals surface area (Å²) in [7, 11) is 0. The van der Waals surface area contributed by atoms with E-state index < -0.39 is 0 Å². The quantitative estimate of drug-likeness (QED) is 0.184. The minimum atomic E-state index is 0.599. The number of furan rings is 1. The molecule has 2 aromatic heterocycles. The van der Waals surface area contributed by atoms with Gasteiger partial charge in [-0.3, -0.25) is 0 Å². The SMILES string of the molecule is c1ccc(-c2ccc(-c3nc(-c4ccccc4)nc(-c4cccc5oc6c(-c7ccc(-c8ccccc8)cc7)cccc6c45)n3)cc2)cc1. The zero-order chi connectivity index (χ0) is 32.6. The second kappa shape index (κ2) is 12.2. The number of rotatable bonds is 6. The number of fused-ring (bicyclic) bond motifs is 3. The van der Waals surface area contributed by atoms with E-state index in [-0.39, 0.29) is 0 Å². The molecule has 0 unspecified atom stereocenters. The van der Waals surface area contributed by atoms with E-state index in [9.17, 15) is 0 Å². The van der Waals surface area contributed by atoms with E-state index in [4.69, 9.17) is 19.4 Å². The van der Waals surface area contributed by atoms with Crippen molar-refractivity contribution in [3.8, 4) is 67.5 Å². The number of hydrogen-bond donors (Lipinski definition) is 0. The molecule has 0 aliphatic heterocycles. The van der Waals surface area contributed by atoms with Crippen LogP contribution in [0.15, 0.2) is 180 Å². The summed E-state index contributed by atoms with van der Waals surface area (Å²) in [5.41, 5.74) is 11.2. The van der Waals surface area contributed by atoms with Crippen molar-refractivity contribution in [2.24, 2.45) is 0 Å². The minimum Gasteiger partial charge on any atom is -0.455 e. The largest absolute Gasteiger partial charge is 0.455 e. The summed E-state index contributed by atoms with van der Waals surface area (Å²) >= 11 is 0. The Morgan fingerprint density at radius 1 is 0.306 bits per heavy atom. The second-order valence-corrected chi connectivity index (χ2v) is 12.0. The van der Waals surface area contributed by atoms with Crippen LogP contribution >= 0.6 is 0 Å². The third-order valence-electron chi connectivity index (χ3n) is 8.98. The molecule has 0 atom stereocenters.